The lowest BCUT2D eigenvalue weighted by atomic mass is 9.79. The number of hydrogen-bond donors (Lipinski definition) is 0. The highest BCUT2D eigenvalue weighted by atomic mass is 16.6. The van der Waals surface area contributed by atoms with Crippen LogP contribution in [0, 0.1) is 0 Å². The van der Waals surface area contributed by atoms with Gasteiger partial charge in [-0.2, -0.15) is 0 Å². The lowest BCUT2D eigenvalue weighted by Gasteiger charge is -2.52. The van der Waals surface area contributed by atoms with Gasteiger partial charge in [0.25, 0.3) is 0 Å². The number of carbonyl (C=O) groups is 3. The molecule has 0 bridgehead atoms. The molecule has 134 valence electrons. The van der Waals surface area contributed by atoms with Gasteiger partial charge in [0.2, 0.25) is 0 Å². The Morgan fingerprint density at radius 1 is 1.12 bits per heavy atom. The summed E-state index contributed by atoms with van der Waals surface area (Å²) in [6.07, 6.45) is 2.31. The highest BCUT2D eigenvalue weighted by Crippen LogP contribution is 2.36. The maximum atomic E-state index is 12.0. The highest BCUT2D eigenvalue weighted by Gasteiger charge is 2.45. The van der Waals surface area contributed by atoms with E-state index in [2.05, 4.69) is 18.1 Å². The van der Waals surface area contributed by atoms with Crippen LogP contribution in [0.25, 0.3) is 0 Å². The number of carbonyl (C=O) groups excluding carboxylic acids is 3. The summed E-state index contributed by atoms with van der Waals surface area (Å²) < 4.78 is 10.4. The van der Waals surface area contributed by atoms with Crippen LogP contribution < -0.4 is 0 Å². The highest BCUT2D eigenvalue weighted by molar-refractivity contribution is 5.82. The average Bonchev–Trinajstić information content (AvgIpc) is 2.46. The predicted octanol–water partition coefficient (Wildman–Crippen LogP) is 2.04. The van der Waals surface area contributed by atoms with Crippen molar-refractivity contribution in [3.63, 3.8) is 0 Å². The third kappa shape index (κ3) is 5.30. The maximum absolute atomic E-state index is 12.0. The van der Waals surface area contributed by atoms with Crippen LogP contribution in [0.4, 0.5) is 0 Å². The van der Waals surface area contributed by atoms with E-state index in [9.17, 15) is 14.4 Å². The van der Waals surface area contributed by atoms with Crippen molar-refractivity contribution in [2.45, 2.75) is 57.7 Å². The minimum Gasteiger partial charge on any atom is -0.459 e. The number of likely N-dealkylation sites (tertiary alicyclic amines) is 1. The van der Waals surface area contributed by atoms with Crippen molar-refractivity contribution >= 4 is 17.7 Å². The molecule has 1 rings (SSSR count). The average molecular weight is 337 g/mol. The van der Waals surface area contributed by atoms with Crippen LogP contribution >= 0.6 is 0 Å². The topological polar surface area (TPSA) is 72.9 Å². The Hall–Kier alpha value is -1.95. The van der Waals surface area contributed by atoms with E-state index >= 15 is 0 Å². The molecule has 6 heteroatoms. The van der Waals surface area contributed by atoms with Crippen molar-refractivity contribution in [2.24, 2.45) is 0 Å². The van der Waals surface area contributed by atoms with Crippen molar-refractivity contribution in [1.29, 1.82) is 0 Å². The molecule has 1 heterocycles. The summed E-state index contributed by atoms with van der Waals surface area (Å²) in [6.45, 7) is 14.9. The summed E-state index contributed by atoms with van der Waals surface area (Å²) in [4.78, 5) is 37.0. The van der Waals surface area contributed by atoms with Crippen LogP contribution in [0.3, 0.4) is 0 Å². The number of piperidine rings is 1. The summed E-state index contributed by atoms with van der Waals surface area (Å²) in [7, 11) is 0. The molecule has 1 fully saturated rings. The Morgan fingerprint density at radius 2 is 1.62 bits per heavy atom. The molecule has 0 radical (unpaired) electrons. The normalized spacial score (nSPS) is 20.8. The van der Waals surface area contributed by atoms with Crippen LogP contribution in [0.1, 0.15) is 40.5 Å². The number of Topliss-reactive ketones (excluding diaryl/α,β-unsaturated/α-hetero) is 1. The molecule has 1 aliphatic heterocycles. The number of rotatable bonds is 7. The van der Waals surface area contributed by atoms with Crippen LogP contribution in [0.5, 0.6) is 0 Å². The van der Waals surface area contributed by atoms with E-state index in [1.807, 2.05) is 27.7 Å². The summed E-state index contributed by atoms with van der Waals surface area (Å²) in [5, 5.41) is 0. The van der Waals surface area contributed by atoms with E-state index in [0.29, 0.717) is 19.4 Å². The Morgan fingerprint density at radius 3 is 2.08 bits per heavy atom. The Bertz CT molecular complexity index is 516. The predicted molar refractivity (Wildman–Crippen MR) is 90.3 cm³/mol. The fourth-order valence-electron chi connectivity index (χ4n) is 3.31. The summed E-state index contributed by atoms with van der Waals surface area (Å²) in [6, 6.07) is 0. The molecule has 1 atom stereocenters. The molecule has 1 unspecified atom stereocenters. The van der Waals surface area contributed by atoms with Crippen molar-refractivity contribution in [3.05, 3.63) is 25.3 Å². The molecule has 0 aliphatic carbocycles. The van der Waals surface area contributed by atoms with E-state index < -0.39 is 18.0 Å². The number of hydrogen-bond acceptors (Lipinski definition) is 6. The van der Waals surface area contributed by atoms with Gasteiger partial charge < -0.3 is 9.47 Å². The van der Waals surface area contributed by atoms with Crippen LogP contribution in [-0.4, -0.2) is 53.0 Å². The first kappa shape index (κ1) is 20.1. The molecular weight excluding hydrogens is 310 g/mol. The van der Waals surface area contributed by atoms with Gasteiger partial charge in [-0.05, 0) is 27.7 Å². The van der Waals surface area contributed by atoms with Crippen molar-refractivity contribution < 1.29 is 23.9 Å². The summed E-state index contributed by atoms with van der Waals surface area (Å²) >= 11 is 0. The second-order valence-electron chi connectivity index (χ2n) is 7.22. The van der Waals surface area contributed by atoms with Gasteiger partial charge in [-0.3, -0.25) is 9.69 Å². The third-order valence-corrected chi connectivity index (χ3v) is 4.13. The smallest absolute Gasteiger partial charge is 0.330 e. The Balaban J connectivity index is 2.94. The fraction of sp³-hybridized carbons (Fsp3) is 0.611. The molecule has 0 amide bonds. The first-order chi connectivity index (χ1) is 11.0. The first-order valence-electron chi connectivity index (χ1n) is 7.93. The van der Waals surface area contributed by atoms with Crippen LogP contribution in [0.15, 0.2) is 25.3 Å². The van der Waals surface area contributed by atoms with E-state index in [-0.39, 0.29) is 23.5 Å². The number of esters is 2. The Kier molecular flexibility index (Phi) is 6.49. The van der Waals surface area contributed by atoms with Gasteiger partial charge in [0.05, 0.1) is 0 Å². The maximum Gasteiger partial charge on any atom is 0.330 e. The van der Waals surface area contributed by atoms with E-state index in [0.717, 1.165) is 12.2 Å². The van der Waals surface area contributed by atoms with Gasteiger partial charge in [0.15, 0.2) is 0 Å². The molecule has 0 aromatic rings. The molecule has 0 N–H and O–H groups in total. The lowest BCUT2D eigenvalue weighted by molar-refractivity contribution is -0.159. The van der Waals surface area contributed by atoms with Crippen LogP contribution in [0.2, 0.25) is 0 Å². The molecule has 0 aromatic carbocycles. The molecular formula is C18H27NO5. The van der Waals surface area contributed by atoms with Crippen molar-refractivity contribution in [2.75, 3.05) is 13.2 Å². The Labute approximate surface area is 143 Å². The van der Waals surface area contributed by atoms with Gasteiger partial charge in [0.1, 0.15) is 18.5 Å². The number of nitrogens with zero attached hydrogens (tertiary/aromatic N) is 1. The lowest BCUT2D eigenvalue weighted by Crippen LogP contribution is -2.63. The van der Waals surface area contributed by atoms with Crippen molar-refractivity contribution in [1.82, 2.24) is 4.90 Å². The standard InChI is InChI=1S/C18H27NO5/c1-7-15(21)23-12-14(24-16(22)8-2)11-19-17(3,4)9-13(20)10-18(19,5)6/h7-8,14H,1-2,9-12H2,3-6H3. The quantitative estimate of drug-likeness (QED) is 0.523. The van der Waals surface area contributed by atoms with E-state index in [4.69, 9.17) is 9.47 Å². The zero-order valence-corrected chi connectivity index (χ0v) is 15.0. The second kappa shape index (κ2) is 7.75. The third-order valence-electron chi connectivity index (χ3n) is 4.13. The van der Waals surface area contributed by atoms with Gasteiger partial charge in [-0.25, -0.2) is 9.59 Å². The zero-order chi connectivity index (χ0) is 18.5. The van der Waals surface area contributed by atoms with Crippen LogP contribution in [-0.2, 0) is 23.9 Å². The van der Waals surface area contributed by atoms with Gasteiger partial charge >= 0.3 is 11.9 Å². The molecule has 24 heavy (non-hydrogen) atoms. The summed E-state index contributed by atoms with van der Waals surface area (Å²) in [5.74, 6) is -0.959. The van der Waals surface area contributed by atoms with Gasteiger partial charge in [-0.1, -0.05) is 13.2 Å². The SMILES string of the molecule is C=CC(=O)OCC(CN1C(C)(C)CC(=O)CC1(C)C)OC(=O)C=C. The monoisotopic (exact) mass is 337 g/mol. The zero-order valence-electron chi connectivity index (χ0n) is 15.0. The van der Waals surface area contributed by atoms with E-state index in [1.165, 1.54) is 0 Å². The van der Waals surface area contributed by atoms with E-state index in [1.54, 1.807) is 0 Å². The largest absolute Gasteiger partial charge is 0.459 e. The fourth-order valence-corrected chi connectivity index (χ4v) is 3.31. The van der Waals surface area contributed by atoms with Gasteiger partial charge in [-0.15, -0.1) is 0 Å². The van der Waals surface area contributed by atoms with Crippen molar-refractivity contribution in [3.8, 4) is 0 Å². The minimum atomic E-state index is -0.661. The second-order valence-corrected chi connectivity index (χ2v) is 7.22. The first-order valence-corrected chi connectivity index (χ1v) is 7.93. The molecule has 0 saturated carbocycles. The molecule has 0 spiro atoms. The molecule has 6 nitrogen and oxygen atoms in total. The molecule has 0 aromatic heterocycles. The number of ketones is 1. The molecule has 1 saturated heterocycles. The van der Waals surface area contributed by atoms with Gasteiger partial charge in [0, 0.05) is 42.6 Å². The minimum absolute atomic E-state index is 0.0823. The summed E-state index contributed by atoms with van der Waals surface area (Å²) in [5.41, 5.74) is -0.778. The molecule has 1 aliphatic rings. The number of ether oxygens (including phenoxy) is 2.